The van der Waals surface area contributed by atoms with Crippen molar-refractivity contribution in [1.82, 2.24) is 4.90 Å². The number of piperidine rings is 1. The van der Waals surface area contributed by atoms with Gasteiger partial charge in [-0.15, -0.1) is 0 Å². The second-order valence-electron chi connectivity index (χ2n) is 8.49. The lowest BCUT2D eigenvalue weighted by atomic mass is 9.94. The second-order valence-corrected chi connectivity index (χ2v) is 8.49. The Morgan fingerprint density at radius 2 is 1.71 bits per heavy atom. The van der Waals surface area contributed by atoms with E-state index in [4.69, 9.17) is 9.57 Å². The molecule has 2 fully saturated rings. The molecule has 1 saturated heterocycles. The molecule has 1 aliphatic carbocycles. The van der Waals surface area contributed by atoms with E-state index in [9.17, 15) is 9.18 Å². The lowest BCUT2D eigenvalue weighted by Crippen LogP contribution is -2.41. The molecular weight excluding hydrogens is 395 g/mol. The van der Waals surface area contributed by atoms with Gasteiger partial charge in [-0.2, -0.15) is 0 Å². The van der Waals surface area contributed by atoms with Crippen molar-refractivity contribution in [2.45, 2.75) is 45.6 Å². The minimum absolute atomic E-state index is 0.0598. The first-order valence-corrected chi connectivity index (χ1v) is 11.0. The van der Waals surface area contributed by atoms with Gasteiger partial charge < -0.3 is 14.5 Å². The molecule has 2 aliphatic rings. The molecule has 0 aromatic heterocycles. The lowest BCUT2D eigenvalue weighted by Gasteiger charge is -2.32. The van der Waals surface area contributed by atoms with Crippen molar-refractivity contribution in [2.24, 2.45) is 10.6 Å². The summed E-state index contributed by atoms with van der Waals surface area (Å²) in [4.78, 5) is 19.8. The second kappa shape index (κ2) is 9.50. The summed E-state index contributed by atoms with van der Waals surface area (Å²) in [5.41, 5.74) is 3.17. The standard InChI is InChI=1S/C25H29FN2O3/c1-2-23(27-31-17-19-3-7-21(26)8-4-19)20-5-9-22(10-6-20)30-18-24(29)28-15-13-25(11-12-25)14-16-28/h3-10H,2,11-18H2,1H3/b27-23+. The number of likely N-dealkylation sites (tertiary alicyclic amines) is 1. The number of hydrogen-bond acceptors (Lipinski definition) is 4. The zero-order valence-corrected chi connectivity index (χ0v) is 18.0. The Morgan fingerprint density at radius 1 is 1.03 bits per heavy atom. The highest BCUT2D eigenvalue weighted by atomic mass is 19.1. The predicted molar refractivity (Wildman–Crippen MR) is 117 cm³/mol. The summed E-state index contributed by atoms with van der Waals surface area (Å²) in [7, 11) is 0. The van der Waals surface area contributed by atoms with E-state index in [-0.39, 0.29) is 24.9 Å². The Morgan fingerprint density at radius 3 is 2.32 bits per heavy atom. The van der Waals surface area contributed by atoms with Gasteiger partial charge in [0.2, 0.25) is 0 Å². The number of hydrogen-bond donors (Lipinski definition) is 0. The summed E-state index contributed by atoms with van der Waals surface area (Å²) in [6, 6.07) is 13.7. The van der Waals surface area contributed by atoms with Gasteiger partial charge in [-0.25, -0.2) is 4.39 Å². The molecule has 2 aromatic rings. The SMILES string of the molecule is CC/C(=N\OCc1ccc(F)cc1)c1ccc(OCC(=O)N2CCC3(CC2)CC3)cc1. The third kappa shape index (κ3) is 5.63. The first-order valence-electron chi connectivity index (χ1n) is 11.0. The summed E-state index contributed by atoms with van der Waals surface area (Å²) >= 11 is 0. The van der Waals surface area contributed by atoms with Crippen molar-refractivity contribution in [3.05, 3.63) is 65.5 Å². The van der Waals surface area contributed by atoms with Gasteiger partial charge in [-0.3, -0.25) is 4.79 Å². The Hall–Kier alpha value is -2.89. The molecule has 1 spiro atoms. The van der Waals surface area contributed by atoms with Gasteiger partial charge in [0.15, 0.2) is 6.61 Å². The third-order valence-corrected chi connectivity index (χ3v) is 6.34. The van der Waals surface area contributed by atoms with Crippen LogP contribution in [0.5, 0.6) is 5.75 Å². The van der Waals surface area contributed by atoms with Crippen LogP contribution in [-0.2, 0) is 16.2 Å². The fourth-order valence-corrected chi connectivity index (χ4v) is 3.97. The van der Waals surface area contributed by atoms with Crippen LogP contribution in [0.15, 0.2) is 53.7 Å². The highest BCUT2D eigenvalue weighted by molar-refractivity contribution is 6.00. The van der Waals surface area contributed by atoms with E-state index in [1.54, 1.807) is 12.1 Å². The van der Waals surface area contributed by atoms with E-state index in [2.05, 4.69) is 5.16 Å². The molecule has 0 unspecified atom stereocenters. The molecule has 5 nitrogen and oxygen atoms in total. The quantitative estimate of drug-likeness (QED) is 0.446. The minimum atomic E-state index is -0.270. The molecule has 0 bridgehead atoms. The smallest absolute Gasteiger partial charge is 0.260 e. The number of benzene rings is 2. The number of amides is 1. The van der Waals surface area contributed by atoms with Crippen LogP contribution in [0.2, 0.25) is 0 Å². The number of carbonyl (C=O) groups excluding carboxylic acids is 1. The van der Waals surface area contributed by atoms with E-state index in [0.29, 0.717) is 17.6 Å². The minimum Gasteiger partial charge on any atom is -0.484 e. The maximum atomic E-state index is 13.0. The van der Waals surface area contributed by atoms with Gasteiger partial charge >= 0.3 is 0 Å². The number of carbonyl (C=O) groups is 1. The van der Waals surface area contributed by atoms with Crippen molar-refractivity contribution in [2.75, 3.05) is 19.7 Å². The lowest BCUT2D eigenvalue weighted by molar-refractivity contribution is -0.134. The Kier molecular flexibility index (Phi) is 6.54. The average molecular weight is 425 g/mol. The number of rotatable bonds is 8. The van der Waals surface area contributed by atoms with Gasteiger partial charge in [-0.1, -0.05) is 24.2 Å². The monoisotopic (exact) mass is 424 g/mol. The first-order chi connectivity index (χ1) is 15.1. The van der Waals surface area contributed by atoms with E-state index >= 15 is 0 Å². The third-order valence-electron chi connectivity index (χ3n) is 6.34. The predicted octanol–water partition coefficient (Wildman–Crippen LogP) is 4.94. The molecule has 0 atom stereocenters. The normalized spacial score (nSPS) is 17.5. The molecule has 1 heterocycles. The van der Waals surface area contributed by atoms with Crippen LogP contribution in [0.4, 0.5) is 4.39 Å². The first kappa shape index (κ1) is 21.3. The maximum absolute atomic E-state index is 13.0. The van der Waals surface area contributed by atoms with Crippen molar-refractivity contribution in [1.29, 1.82) is 0 Å². The van der Waals surface area contributed by atoms with Crippen LogP contribution in [0.1, 0.15) is 50.2 Å². The zero-order valence-electron chi connectivity index (χ0n) is 18.0. The number of halogens is 1. The van der Waals surface area contributed by atoms with Gasteiger partial charge in [0, 0.05) is 13.1 Å². The molecule has 4 rings (SSSR count). The molecule has 1 amide bonds. The van der Waals surface area contributed by atoms with Crippen LogP contribution in [-0.4, -0.2) is 36.2 Å². The summed E-state index contributed by atoms with van der Waals surface area (Å²) in [5.74, 6) is 0.452. The molecule has 31 heavy (non-hydrogen) atoms. The van der Waals surface area contributed by atoms with Gasteiger partial charge in [0.25, 0.3) is 5.91 Å². The molecule has 1 saturated carbocycles. The van der Waals surface area contributed by atoms with Crippen LogP contribution in [0.25, 0.3) is 0 Å². The number of oxime groups is 1. The Balaban J connectivity index is 1.26. The Labute approximate surface area is 182 Å². The van der Waals surface area contributed by atoms with Crippen molar-refractivity contribution in [3.63, 3.8) is 0 Å². The van der Waals surface area contributed by atoms with Crippen LogP contribution in [0.3, 0.4) is 0 Å². The molecule has 6 heteroatoms. The van der Waals surface area contributed by atoms with Gasteiger partial charge in [-0.05, 0) is 85.0 Å². The average Bonchev–Trinajstić information content (AvgIpc) is 3.56. The zero-order chi connectivity index (χ0) is 21.7. The van der Waals surface area contributed by atoms with Crippen molar-refractivity contribution >= 4 is 11.6 Å². The topological polar surface area (TPSA) is 51.1 Å². The van der Waals surface area contributed by atoms with Crippen LogP contribution in [0, 0.1) is 11.2 Å². The number of ether oxygens (including phenoxy) is 1. The van der Waals surface area contributed by atoms with Crippen LogP contribution < -0.4 is 4.74 Å². The molecule has 0 N–H and O–H groups in total. The summed E-state index contributed by atoms with van der Waals surface area (Å²) in [6.07, 6.45) is 5.64. The number of nitrogens with zero attached hydrogens (tertiary/aromatic N) is 2. The van der Waals surface area contributed by atoms with Crippen molar-refractivity contribution < 1.29 is 18.8 Å². The van der Waals surface area contributed by atoms with E-state index in [0.717, 1.165) is 42.8 Å². The van der Waals surface area contributed by atoms with Crippen LogP contribution >= 0.6 is 0 Å². The van der Waals surface area contributed by atoms with Gasteiger partial charge in [0.05, 0.1) is 5.71 Å². The van der Waals surface area contributed by atoms with Crippen molar-refractivity contribution in [3.8, 4) is 5.75 Å². The molecule has 2 aromatic carbocycles. The Bertz CT molecular complexity index is 911. The van der Waals surface area contributed by atoms with E-state index in [1.807, 2.05) is 36.1 Å². The van der Waals surface area contributed by atoms with E-state index < -0.39 is 0 Å². The van der Waals surface area contributed by atoms with Gasteiger partial charge in [0.1, 0.15) is 18.2 Å². The summed E-state index contributed by atoms with van der Waals surface area (Å²) < 4.78 is 18.7. The molecular formula is C25H29FN2O3. The summed E-state index contributed by atoms with van der Waals surface area (Å²) in [6.45, 7) is 4.07. The highest BCUT2D eigenvalue weighted by Gasteiger charge is 2.45. The maximum Gasteiger partial charge on any atom is 0.260 e. The largest absolute Gasteiger partial charge is 0.484 e. The fraction of sp³-hybridized carbons (Fsp3) is 0.440. The summed E-state index contributed by atoms with van der Waals surface area (Å²) in [5, 5.41) is 4.23. The van der Waals surface area contributed by atoms with E-state index in [1.165, 1.54) is 25.0 Å². The molecule has 0 radical (unpaired) electrons. The highest BCUT2D eigenvalue weighted by Crippen LogP contribution is 2.53. The molecule has 164 valence electrons. The molecule has 1 aliphatic heterocycles. The fourth-order valence-electron chi connectivity index (χ4n) is 3.97.